The number of aromatic amines is 1. The summed E-state index contributed by atoms with van der Waals surface area (Å²) < 4.78 is 71.4. The van der Waals surface area contributed by atoms with Gasteiger partial charge in [-0.2, -0.15) is 18.3 Å². The van der Waals surface area contributed by atoms with Crippen LogP contribution in [0.3, 0.4) is 0 Å². The van der Waals surface area contributed by atoms with E-state index >= 15 is 0 Å². The van der Waals surface area contributed by atoms with Crippen molar-refractivity contribution < 1.29 is 26.4 Å². The van der Waals surface area contributed by atoms with Gasteiger partial charge in [0.15, 0.2) is 0 Å². The number of nitrogens with zero attached hydrogens (tertiary/aromatic N) is 6. The highest BCUT2D eigenvalue weighted by molar-refractivity contribution is 5.53. The van der Waals surface area contributed by atoms with Crippen LogP contribution in [-0.2, 0) is 12.6 Å². The average molecular weight is 425 g/mol. The van der Waals surface area contributed by atoms with Gasteiger partial charge in [-0.05, 0) is 18.2 Å². The zero-order valence-electron chi connectivity index (χ0n) is 14.9. The molecule has 0 bridgehead atoms. The van der Waals surface area contributed by atoms with Crippen molar-refractivity contribution in [2.75, 3.05) is 11.4 Å². The van der Waals surface area contributed by atoms with Crippen molar-refractivity contribution in [3.8, 4) is 0 Å². The molecule has 0 radical (unpaired) electrons. The minimum atomic E-state index is -4.79. The third-order valence-corrected chi connectivity index (χ3v) is 4.87. The van der Waals surface area contributed by atoms with Crippen molar-refractivity contribution in [2.24, 2.45) is 0 Å². The number of hydrogen-bond donors (Lipinski definition) is 1. The molecule has 1 N–H and O–H groups in total. The molecule has 0 saturated carbocycles. The lowest BCUT2D eigenvalue weighted by Gasteiger charge is -2.32. The van der Waals surface area contributed by atoms with Crippen LogP contribution >= 0.6 is 0 Å². The van der Waals surface area contributed by atoms with E-state index < -0.39 is 24.5 Å². The summed E-state index contributed by atoms with van der Waals surface area (Å²) >= 11 is 0. The third-order valence-electron chi connectivity index (χ3n) is 4.87. The lowest BCUT2D eigenvalue weighted by atomic mass is 10.0. The van der Waals surface area contributed by atoms with Crippen molar-refractivity contribution in [3.05, 3.63) is 59.3 Å². The number of H-pyrrole nitrogens is 1. The van der Waals surface area contributed by atoms with Crippen LogP contribution < -0.4 is 4.90 Å². The third kappa shape index (κ3) is 2.88. The standard InChI is InChI=1S/C17H12F5N7O/c18-14(19)11-3-1-2-8-6-10(27-29(8)11)13-12-9(23-7-24-12)4-5-28(13)16-26-25-15(30-16)17(20,21)22/h1-3,6-7,13-14H,4-5H2,(H,23,24). The van der Waals surface area contributed by atoms with Gasteiger partial charge in [-0.15, -0.1) is 5.10 Å². The zero-order valence-corrected chi connectivity index (χ0v) is 14.9. The van der Waals surface area contributed by atoms with E-state index in [1.807, 2.05) is 0 Å². The van der Waals surface area contributed by atoms with Crippen LogP contribution in [0.5, 0.6) is 0 Å². The molecule has 1 aliphatic rings. The summed E-state index contributed by atoms with van der Waals surface area (Å²) in [5.41, 5.74) is 1.67. The fourth-order valence-electron chi connectivity index (χ4n) is 3.58. The van der Waals surface area contributed by atoms with Crippen molar-refractivity contribution >= 4 is 11.5 Å². The zero-order chi connectivity index (χ0) is 21.0. The van der Waals surface area contributed by atoms with Crippen LogP contribution in [0.15, 0.2) is 35.0 Å². The maximum Gasteiger partial charge on any atom is 0.470 e. The van der Waals surface area contributed by atoms with Gasteiger partial charge < -0.3 is 14.3 Å². The van der Waals surface area contributed by atoms with Gasteiger partial charge in [0.2, 0.25) is 0 Å². The van der Waals surface area contributed by atoms with Crippen LogP contribution in [-0.4, -0.2) is 36.3 Å². The minimum Gasteiger partial charge on any atom is -0.399 e. The Morgan fingerprint density at radius 2 is 2.03 bits per heavy atom. The van der Waals surface area contributed by atoms with Gasteiger partial charge in [0.05, 0.1) is 23.2 Å². The van der Waals surface area contributed by atoms with Crippen LogP contribution in [0, 0.1) is 0 Å². The minimum absolute atomic E-state index is 0.231. The molecule has 5 rings (SSSR count). The van der Waals surface area contributed by atoms with Crippen molar-refractivity contribution in [1.82, 2.24) is 29.8 Å². The molecule has 30 heavy (non-hydrogen) atoms. The van der Waals surface area contributed by atoms with Crippen LogP contribution in [0.4, 0.5) is 28.0 Å². The lowest BCUT2D eigenvalue weighted by molar-refractivity contribution is -0.157. The first-order chi connectivity index (χ1) is 14.3. The van der Waals surface area contributed by atoms with E-state index in [1.165, 1.54) is 23.4 Å². The molecule has 0 amide bonds. The van der Waals surface area contributed by atoms with E-state index in [0.29, 0.717) is 23.3 Å². The van der Waals surface area contributed by atoms with Crippen LogP contribution in [0.25, 0.3) is 5.52 Å². The highest BCUT2D eigenvalue weighted by Gasteiger charge is 2.41. The number of halogens is 5. The fraction of sp³-hybridized carbons (Fsp3) is 0.294. The van der Waals surface area contributed by atoms with Crippen molar-refractivity contribution in [3.63, 3.8) is 0 Å². The molecule has 0 saturated heterocycles. The highest BCUT2D eigenvalue weighted by atomic mass is 19.4. The second-order valence-electron chi connectivity index (χ2n) is 6.66. The number of rotatable bonds is 3. The normalized spacial score (nSPS) is 17.1. The summed E-state index contributed by atoms with van der Waals surface area (Å²) in [6.45, 7) is 0.231. The Bertz CT molecular complexity index is 1210. The van der Waals surface area contributed by atoms with E-state index in [0.717, 1.165) is 10.2 Å². The van der Waals surface area contributed by atoms with E-state index in [-0.39, 0.29) is 18.3 Å². The molecule has 0 aromatic carbocycles. The molecule has 1 aliphatic heterocycles. The van der Waals surface area contributed by atoms with E-state index in [4.69, 9.17) is 4.42 Å². The maximum absolute atomic E-state index is 13.4. The Balaban J connectivity index is 1.64. The molecule has 0 spiro atoms. The van der Waals surface area contributed by atoms with Gasteiger partial charge in [-0.25, -0.2) is 18.3 Å². The average Bonchev–Trinajstić information content (AvgIpc) is 3.43. The predicted molar refractivity (Wildman–Crippen MR) is 90.9 cm³/mol. The Labute approximate surface area is 164 Å². The second-order valence-corrected chi connectivity index (χ2v) is 6.66. The SMILES string of the molecule is FC(F)c1cccc2cc(C3c4nc[nH]c4CCN3c3nnc(C(F)(F)F)o3)nn12. The van der Waals surface area contributed by atoms with Gasteiger partial charge in [-0.3, -0.25) is 0 Å². The molecule has 4 aromatic heterocycles. The summed E-state index contributed by atoms with van der Waals surface area (Å²) in [5, 5.41) is 10.9. The fourth-order valence-corrected chi connectivity index (χ4v) is 3.58. The first kappa shape index (κ1) is 18.5. The molecule has 156 valence electrons. The van der Waals surface area contributed by atoms with Gasteiger partial charge in [0.25, 0.3) is 6.43 Å². The molecule has 13 heteroatoms. The Kier molecular flexibility index (Phi) is 4.01. The smallest absolute Gasteiger partial charge is 0.399 e. The first-order valence-electron chi connectivity index (χ1n) is 8.79. The van der Waals surface area contributed by atoms with Crippen molar-refractivity contribution in [1.29, 1.82) is 0 Å². The van der Waals surface area contributed by atoms with Crippen molar-refractivity contribution in [2.45, 2.75) is 25.1 Å². The molecular weight excluding hydrogens is 413 g/mol. The number of fused-ring (bicyclic) bond motifs is 2. The maximum atomic E-state index is 13.4. The number of imidazole rings is 1. The number of aromatic nitrogens is 6. The monoisotopic (exact) mass is 425 g/mol. The summed E-state index contributed by atoms with van der Waals surface area (Å²) in [4.78, 5) is 8.69. The number of anilines is 1. The molecule has 5 heterocycles. The van der Waals surface area contributed by atoms with Gasteiger partial charge in [0.1, 0.15) is 11.7 Å². The Morgan fingerprint density at radius 3 is 2.77 bits per heavy atom. The van der Waals surface area contributed by atoms with E-state index in [9.17, 15) is 22.0 Å². The van der Waals surface area contributed by atoms with Gasteiger partial charge >= 0.3 is 18.1 Å². The summed E-state index contributed by atoms with van der Waals surface area (Å²) in [5.74, 6) is -1.47. The number of nitrogens with one attached hydrogen (secondary N) is 1. The summed E-state index contributed by atoms with van der Waals surface area (Å²) in [7, 11) is 0. The molecule has 1 unspecified atom stereocenters. The van der Waals surface area contributed by atoms with E-state index in [2.05, 4.69) is 25.3 Å². The predicted octanol–water partition coefficient (Wildman–Crippen LogP) is 3.55. The lowest BCUT2D eigenvalue weighted by Crippen LogP contribution is -2.37. The molecule has 8 nitrogen and oxygen atoms in total. The number of alkyl halides is 5. The summed E-state index contributed by atoms with van der Waals surface area (Å²) in [6, 6.07) is 4.76. The number of hydrogen-bond acceptors (Lipinski definition) is 6. The first-order valence-corrected chi connectivity index (χ1v) is 8.79. The second kappa shape index (κ2) is 6.50. The molecular formula is C17H12F5N7O. The molecule has 0 fully saturated rings. The molecule has 1 atom stereocenters. The van der Waals surface area contributed by atoms with Gasteiger partial charge in [-0.1, -0.05) is 11.2 Å². The van der Waals surface area contributed by atoms with E-state index in [1.54, 1.807) is 12.1 Å². The number of pyridine rings is 1. The topological polar surface area (TPSA) is 88.1 Å². The summed E-state index contributed by atoms with van der Waals surface area (Å²) in [6.07, 6.45) is -5.65. The molecule has 4 aromatic rings. The van der Waals surface area contributed by atoms with Crippen LogP contribution in [0.1, 0.15) is 41.1 Å². The quantitative estimate of drug-likeness (QED) is 0.505. The van der Waals surface area contributed by atoms with Gasteiger partial charge in [0, 0.05) is 18.7 Å². The van der Waals surface area contributed by atoms with Crippen LogP contribution in [0.2, 0.25) is 0 Å². The Hall–Kier alpha value is -3.51. The largest absolute Gasteiger partial charge is 0.470 e. The molecule has 0 aliphatic carbocycles. The highest BCUT2D eigenvalue weighted by Crippen LogP contribution is 2.38. The Morgan fingerprint density at radius 1 is 1.20 bits per heavy atom.